The Kier molecular flexibility index (Phi) is 2.14. The Labute approximate surface area is 80.3 Å². The highest BCUT2D eigenvalue weighted by Crippen LogP contribution is 2.38. The first-order valence-electron chi connectivity index (χ1n) is 4.11. The molecule has 0 radical (unpaired) electrons. The van der Waals surface area contributed by atoms with Crippen molar-refractivity contribution in [1.82, 2.24) is 0 Å². The molecule has 5 heteroatoms. The van der Waals surface area contributed by atoms with Crippen LogP contribution in [0.5, 0.6) is 11.5 Å². The summed E-state index contributed by atoms with van der Waals surface area (Å²) in [6, 6.07) is 5.29. The second-order valence-corrected chi connectivity index (χ2v) is 2.79. The second kappa shape index (κ2) is 3.45. The maximum atomic E-state index is 10.3. The zero-order valence-electron chi connectivity index (χ0n) is 7.32. The van der Waals surface area contributed by atoms with Crippen molar-refractivity contribution in [2.45, 2.75) is 0 Å². The molecule has 1 aliphatic heterocycles. The molecular formula is C9H9NO4. The number of carbonyl (C=O) groups is 1. The molecule has 74 valence electrons. The second-order valence-electron chi connectivity index (χ2n) is 2.79. The van der Waals surface area contributed by atoms with E-state index in [1.54, 1.807) is 18.2 Å². The smallest absolute Gasteiger partial charge is 0.322 e. The molecule has 0 amide bonds. The number of carboxylic acid groups (broad SMARTS) is 1. The Morgan fingerprint density at radius 2 is 2.36 bits per heavy atom. The topological polar surface area (TPSA) is 67.8 Å². The fraction of sp³-hybridized carbons (Fsp3) is 0.222. The molecular weight excluding hydrogens is 186 g/mol. The van der Waals surface area contributed by atoms with E-state index in [0.717, 1.165) is 0 Å². The van der Waals surface area contributed by atoms with E-state index < -0.39 is 5.97 Å². The van der Waals surface area contributed by atoms with Gasteiger partial charge in [-0.1, -0.05) is 6.07 Å². The third-order valence-electron chi connectivity index (χ3n) is 1.83. The minimum absolute atomic E-state index is 0.139. The molecule has 0 atom stereocenters. The fourth-order valence-corrected chi connectivity index (χ4v) is 1.24. The lowest BCUT2D eigenvalue weighted by molar-refractivity contribution is -0.134. The van der Waals surface area contributed by atoms with E-state index in [0.29, 0.717) is 17.2 Å². The first-order valence-corrected chi connectivity index (χ1v) is 4.11. The normalized spacial score (nSPS) is 12.6. The van der Waals surface area contributed by atoms with Crippen LogP contribution in [0, 0.1) is 0 Å². The average molecular weight is 195 g/mol. The number of aliphatic carboxylic acids is 1. The Bertz CT molecular complexity index is 364. The number of anilines is 1. The largest absolute Gasteiger partial charge is 0.480 e. The minimum Gasteiger partial charge on any atom is -0.480 e. The Hall–Kier alpha value is -1.91. The molecule has 2 N–H and O–H groups in total. The first-order chi connectivity index (χ1) is 6.77. The van der Waals surface area contributed by atoms with Crippen molar-refractivity contribution < 1.29 is 19.4 Å². The van der Waals surface area contributed by atoms with Gasteiger partial charge in [-0.2, -0.15) is 0 Å². The molecule has 5 nitrogen and oxygen atoms in total. The van der Waals surface area contributed by atoms with Crippen LogP contribution in [0.2, 0.25) is 0 Å². The van der Waals surface area contributed by atoms with E-state index >= 15 is 0 Å². The summed E-state index contributed by atoms with van der Waals surface area (Å²) < 4.78 is 10.3. The number of benzene rings is 1. The van der Waals surface area contributed by atoms with E-state index in [1.807, 2.05) is 0 Å². The van der Waals surface area contributed by atoms with E-state index in [1.165, 1.54) is 0 Å². The molecule has 0 unspecified atom stereocenters. The van der Waals surface area contributed by atoms with E-state index in [9.17, 15) is 4.79 Å². The zero-order valence-corrected chi connectivity index (χ0v) is 7.32. The van der Waals surface area contributed by atoms with Crippen LogP contribution in [0.15, 0.2) is 18.2 Å². The van der Waals surface area contributed by atoms with E-state index in [2.05, 4.69) is 5.32 Å². The predicted molar refractivity (Wildman–Crippen MR) is 48.7 cm³/mol. The molecule has 2 rings (SSSR count). The van der Waals surface area contributed by atoms with Crippen molar-refractivity contribution in [2.75, 3.05) is 18.7 Å². The van der Waals surface area contributed by atoms with Crippen molar-refractivity contribution in [1.29, 1.82) is 0 Å². The molecule has 0 fully saturated rings. The summed E-state index contributed by atoms with van der Waals surface area (Å²) in [6.07, 6.45) is 0. The number of carboxylic acids is 1. The highest BCUT2D eigenvalue weighted by atomic mass is 16.7. The van der Waals surface area contributed by atoms with Gasteiger partial charge in [0.15, 0.2) is 11.5 Å². The number of nitrogens with one attached hydrogen (secondary N) is 1. The standard InChI is InChI=1S/C9H9NO4/c11-8(12)4-10-6-2-1-3-7-9(6)14-5-13-7/h1-3,10H,4-5H2,(H,11,12). The highest BCUT2D eigenvalue weighted by molar-refractivity contribution is 5.75. The molecule has 1 aromatic rings. The molecule has 0 bridgehead atoms. The number of para-hydroxylation sites is 1. The van der Waals surface area contributed by atoms with Crippen molar-refractivity contribution in [3.05, 3.63) is 18.2 Å². The molecule has 0 aromatic heterocycles. The van der Waals surface area contributed by atoms with Crippen LogP contribution in [0.25, 0.3) is 0 Å². The van der Waals surface area contributed by atoms with Gasteiger partial charge in [-0.25, -0.2) is 0 Å². The summed E-state index contributed by atoms with van der Waals surface area (Å²) in [7, 11) is 0. The van der Waals surface area contributed by atoms with Crippen LogP contribution < -0.4 is 14.8 Å². The molecule has 1 heterocycles. The van der Waals surface area contributed by atoms with Crippen molar-refractivity contribution in [3.8, 4) is 11.5 Å². The summed E-state index contributed by atoms with van der Waals surface area (Å²) >= 11 is 0. The van der Waals surface area contributed by atoms with Crippen LogP contribution in [-0.2, 0) is 4.79 Å². The molecule has 1 aromatic carbocycles. The Balaban J connectivity index is 2.17. The summed E-state index contributed by atoms with van der Waals surface area (Å²) in [4.78, 5) is 10.3. The third-order valence-corrected chi connectivity index (χ3v) is 1.83. The average Bonchev–Trinajstić information content (AvgIpc) is 2.62. The predicted octanol–water partition coefficient (Wildman–Crippen LogP) is 0.912. The third kappa shape index (κ3) is 1.56. The summed E-state index contributed by atoms with van der Waals surface area (Å²) in [5.41, 5.74) is 0.641. The van der Waals surface area contributed by atoms with Gasteiger partial charge in [0.05, 0.1) is 5.69 Å². The Morgan fingerprint density at radius 3 is 3.14 bits per heavy atom. The van der Waals surface area contributed by atoms with E-state index in [-0.39, 0.29) is 13.3 Å². The van der Waals surface area contributed by atoms with Crippen LogP contribution in [0.1, 0.15) is 0 Å². The molecule has 0 aliphatic carbocycles. The zero-order chi connectivity index (χ0) is 9.97. The number of fused-ring (bicyclic) bond motifs is 1. The first kappa shape index (κ1) is 8.68. The lowest BCUT2D eigenvalue weighted by atomic mass is 10.2. The summed E-state index contributed by atoms with van der Waals surface area (Å²) in [6.45, 7) is 0.0426. The van der Waals surface area contributed by atoms with Crippen molar-refractivity contribution in [2.24, 2.45) is 0 Å². The van der Waals surface area contributed by atoms with Gasteiger partial charge in [0.1, 0.15) is 6.54 Å². The Morgan fingerprint density at radius 1 is 1.50 bits per heavy atom. The van der Waals surface area contributed by atoms with Crippen LogP contribution in [0.4, 0.5) is 5.69 Å². The van der Waals surface area contributed by atoms with Crippen molar-refractivity contribution >= 4 is 11.7 Å². The van der Waals surface area contributed by atoms with Gasteiger partial charge in [0.2, 0.25) is 6.79 Å². The maximum absolute atomic E-state index is 10.3. The van der Waals surface area contributed by atoms with Gasteiger partial charge >= 0.3 is 5.97 Å². The van der Waals surface area contributed by atoms with E-state index in [4.69, 9.17) is 14.6 Å². The van der Waals surface area contributed by atoms with Gasteiger partial charge in [0.25, 0.3) is 0 Å². The quantitative estimate of drug-likeness (QED) is 0.750. The molecule has 0 saturated heterocycles. The molecule has 14 heavy (non-hydrogen) atoms. The number of rotatable bonds is 3. The molecule has 1 aliphatic rings. The van der Waals surface area contributed by atoms with Gasteiger partial charge in [-0.15, -0.1) is 0 Å². The minimum atomic E-state index is -0.915. The van der Waals surface area contributed by atoms with Crippen LogP contribution in [0.3, 0.4) is 0 Å². The van der Waals surface area contributed by atoms with Gasteiger partial charge in [0, 0.05) is 0 Å². The molecule has 0 spiro atoms. The monoisotopic (exact) mass is 195 g/mol. The highest BCUT2D eigenvalue weighted by Gasteiger charge is 2.17. The summed E-state index contributed by atoms with van der Waals surface area (Å²) in [5.74, 6) is 0.302. The van der Waals surface area contributed by atoms with Gasteiger partial charge in [-0.3, -0.25) is 4.79 Å². The fourth-order valence-electron chi connectivity index (χ4n) is 1.24. The number of hydrogen-bond acceptors (Lipinski definition) is 4. The lowest BCUT2D eigenvalue weighted by Gasteiger charge is -2.06. The number of hydrogen-bond donors (Lipinski definition) is 2. The molecule has 0 saturated carbocycles. The summed E-state index contributed by atoms with van der Waals surface area (Å²) in [5, 5.41) is 11.2. The maximum Gasteiger partial charge on any atom is 0.322 e. The number of ether oxygens (including phenoxy) is 2. The van der Waals surface area contributed by atoms with Crippen LogP contribution in [-0.4, -0.2) is 24.4 Å². The SMILES string of the molecule is O=C(O)CNc1cccc2c1OCO2. The lowest BCUT2D eigenvalue weighted by Crippen LogP contribution is -2.12. The van der Waals surface area contributed by atoms with Crippen LogP contribution >= 0.6 is 0 Å². The van der Waals surface area contributed by atoms with Crippen molar-refractivity contribution in [3.63, 3.8) is 0 Å². The van der Waals surface area contributed by atoms with Gasteiger partial charge in [-0.05, 0) is 12.1 Å². The van der Waals surface area contributed by atoms with Gasteiger partial charge < -0.3 is 19.9 Å².